The van der Waals surface area contributed by atoms with E-state index in [1.54, 1.807) is 0 Å². The highest BCUT2D eigenvalue weighted by atomic mass is 19.4. The van der Waals surface area contributed by atoms with E-state index in [1.807, 2.05) is 0 Å². The van der Waals surface area contributed by atoms with Crippen LogP contribution in [0.4, 0.5) is 37.8 Å². The number of benzene rings is 1. The zero-order valence-electron chi connectivity index (χ0n) is 18.6. The SMILES string of the molecule is CN(C)C(=O)c1nc(Nc2ccc(C(F)(F)F)cc2)c2ccc(-c3ncccc3C(F)(F)F)nc2n1. The lowest BCUT2D eigenvalue weighted by Crippen LogP contribution is -2.24. The van der Waals surface area contributed by atoms with Gasteiger partial charge in [0.1, 0.15) is 11.5 Å². The Morgan fingerprint density at radius 2 is 1.56 bits per heavy atom. The summed E-state index contributed by atoms with van der Waals surface area (Å²) in [4.78, 5) is 30.0. The number of anilines is 2. The molecule has 4 aromatic rings. The normalized spacial score (nSPS) is 12.0. The molecule has 36 heavy (non-hydrogen) atoms. The van der Waals surface area contributed by atoms with Gasteiger partial charge in [0.15, 0.2) is 5.65 Å². The van der Waals surface area contributed by atoms with E-state index >= 15 is 0 Å². The lowest BCUT2D eigenvalue weighted by Gasteiger charge is -2.15. The predicted octanol–water partition coefficient (Wildman–Crippen LogP) is 5.57. The number of pyridine rings is 2. The Bertz CT molecular complexity index is 1430. The van der Waals surface area contributed by atoms with Crippen molar-refractivity contribution in [2.24, 2.45) is 0 Å². The molecule has 0 radical (unpaired) electrons. The van der Waals surface area contributed by atoms with Gasteiger partial charge < -0.3 is 10.2 Å². The maximum Gasteiger partial charge on any atom is 0.418 e. The third kappa shape index (κ3) is 5.04. The molecule has 4 rings (SSSR count). The van der Waals surface area contributed by atoms with Crippen LogP contribution in [-0.4, -0.2) is 44.8 Å². The van der Waals surface area contributed by atoms with Gasteiger partial charge in [-0.2, -0.15) is 26.3 Å². The Balaban J connectivity index is 1.84. The molecule has 3 heterocycles. The van der Waals surface area contributed by atoms with E-state index in [9.17, 15) is 31.1 Å². The molecule has 0 atom stereocenters. The minimum absolute atomic E-state index is 0.0288. The highest BCUT2D eigenvalue weighted by molar-refractivity contribution is 5.96. The second kappa shape index (κ2) is 9.06. The second-order valence-electron chi connectivity index (χ2n) is 7.76. The number of nitrogens with zero attached hydrogens (tertiary/aromatic N) is 5. The van der Waals surface area contributed by atoms with Gasteiger partial charge in [0, 0.05) is 26.0 Å². The first-order chi connectivity index (χ1) is 16.8. The fourth-order valence-electron chi connectivity index (χ4n) is 3.25. The number of rotatable bonds is 4. The van der Waals surface area contributed by atoms with Crippen molar-refractivity contribution in [3.63, 3.8) is 0 Å². The summed E-state index contributed by atoms with van der Waals surface area (Å²) in [7, 11) is 2.90. The van der Waals surface area contributed by atoms with Crippen molar-refractivity contribution in [3.05, 3.63) is 71.7 Å². The van der Waals surface area contributed by atoms with Crippen LogP contribution in [-0.2, 0) is 12.4 Å². The summed E-state index contributed by atoms with van der Waals surface area (Å²) >= 11 is 0. The van der Waals surface area contributed by atoms with E-state index in [-0.39, 0.29) is 34.1 Å². The zero-order chi connectivity index (χ0) is 26.3. The number of nitrogens with one attached hydrogen (secondary N) is 1. The Labute approximate surface area is 199 Å². The molecule has 1 amide bonds. The highest BCUT2D eigenvalue weighted by Crippen LogP contribution is 2.36. The van der Waals surface area contributed by atoms with Gasteiger partial charge in [-0.15, -0.1) is 0 Å². The van der Waals surface area contributed by atoms with E-state index in [1.165, 1.54) is 49.5 Å². The van der Waals surface area contributed by atoms with Crippen molar-refractivity contribution in [3.8, 4) is 11.4 Å². The predicted molar refractivity (Wildman–Crippen MR) is 118 cm³/mol. The number of hydrogen-bond donors (Lipinski definition) is 1. The van der Waals surface area contributed by atoms with Crippen molar-refractivity contribution in [1.82, 2.24) is 24.8 Å². The van der Waals surface area contributed by atoms with Crippen molar-refractivity contribution in [2.45, 2.75) is 12.4 Å². The van der Waals surface area contributed by atoms with E-state index in [0.717, 1.165) is 24.3 Å². The maximum absolute atomic E-state index is 13.5. The quantitative estimate of drug-likeness (QED) is 0.365. The van der Waals surface area contributed by atoms with Crippen LogP contribution in [0.3, 0.4) is 0 Å². The van der Waals surface area contributed by atoms with Crippen molar-refractivity contribution in [1.29, 1.82) is 0 Å². The molecule has 0 fully saturated rings. The summed E-state index contributed by atoms with van der Waals surface area (Å²) in [6, 6.07) is 8.78. The van der Waals surface area contributed by atoms with E-state index in [0.29, 0.717) is 0 Å². The maximum atomic E-state index is 13.5. The van der Waals surface area contributed by atoms with E-state index in [2.05, 4.69) is 25.3 Å². The molecule has 0 spiro atoms. The van der Waals surface area contributed by atoms with Crippen LogP contribution in [0.1, 0.15) is 21.7 Å². The van der Waals surface area contributed by atoms with Crippen LogP contribution >= 0.6 is 0 Å². The highest BCUT2D eigenvalue weighted by Gasteiger charge is 2.35. The van der Waals surface area contributed by atoms with Gasteiger partial charge in [0.2, 0.25) is 5.82 Å². The van der Waals surface area contributed by atoms with Gasteiger partial charge in [0.25, 0.3) is 5.91 Å². The molecular formula is C23H16F6N6O. The number of carbonyl (C=O) groups excluding carboxylic acids is 1. The Morgan fingerprint density at radius 3 is 2.17 bits per heavy atom. The summed E-state index contributed by atoms with van der Waals surface area (Å²) < 4.78 is 79.1. The lowest BCUT2D eigenvalue weighted by molar-refractivity contribution is -0.138. The summed E-state index contributed by atoms with van der Waals surface area (Å²) in [5.74, 6) is -0.905. The number of fused-ring (bicyclic) bond motifs is 1. The summed E-state index contributed by atoms with van der Waals surface area (Å²) in [6.07, 6.45) is -8.02. The number of hydrogen-bond acceptors (Lipinski definition) is 6. The average Bonchev–Trinajstić information content (AvgIpc) is 2.82. The van der Waals surface area contributed by atoms with Gasteiger partial charge in [-0.05, 0) is 48.5 Å². The van der Waals surface area contributed by atoms with Gasteiger partial charge >= 0.3 is 12.4 Å². The van der Waals surface area contributed by atoms with Gasteiger partial charge in [-0.25, -0.2) is 15.0 Å². The molecular weight excluding hydrogens is 490 g/mol. The molecule has 0 aliphatic carbocycles. The Kier molecular flexibility index (Phi) is 6.24. The standard InChI is InChI=1S/C23H16F6N6O/c1-35(2)21(36)20-33-18(31-13-7-5-12(6-8-13)22(24,25)26)14-9-10-16(32-19(14)34-20)17-15(23(27,28)29)4-3-11-30-17/h3-11H,1-2H3,(H,31,32,33,34). The first-order valence-corrected chi connectivity index (χ1v) is 10.2. The summed E-state index contributed by atoms with van der Waals surface area (Å²) in [6.45, 7) is 0. The Morgan fingerprint density at radius 1 is 0.861 bits per heavy atom. The minimum atomic E-state index is -4.69. The molecule has 186 valence electrons. The number of alkyl halides is 6. The third-order valence-corrected chi connectivity index (χ3v) is 4.99. The Hall–Kier alpha value is -4.29. The second-order valence-corrected chi connectivity index (χ2v) is 7.76. The fourth-order valence-corrected chi connectivity index (χ4v) is 3.25. The number of halogens is 6. The van der Waals surface area contributed by atoms with Gasteiger partial charge in [-0.3, -0.25) is 9.78 Å². The fraction of sp³-hybridized carbons (Fsp3) is 0.174. The van der Waals surface area contributed by atoms with Crippen molar-refractivity contribution in [2.75, 3.05) is 19.4 Å². The molecule has 0 bridgehead atoms. The van der Waals surface area contributed by atoms with E-state index in [4.69, 9.17) is 0 Å². The van der Waals surface area contributed by atoms with Crippen LogP contribution in [0.5, 0.6) is 0 Å². The molecule has 0 unspecified atom stereocenters. The minimum Gasteiger partial charge on any atom is -0.342 e. The molecule has 1 N–H and O–H groups in total. The first-order valence-electron chi connectivity index (χ1n) is 10.2. The van der Waals surface area contributed by atoms with Gasteiger partial charge in [-0.1, -0.05) is 0 Å². The molecule has 0 saturated carbocycles. The van der Waals surface area contributed by atoms with Crippen LogP contribution in [0.25, 0.3) is 22.4 Å². The van der Waals surface area contributed by atoms with Crippen LogP contribution in [0.15, 0.2) is 54.7 Å². The molecule has 1 aromatic carbocycles. The monoisotopic (exact) mass is 506 g/mol. The first kappa shape index (κ1) is 24.8. The molecule has 0 aliphatic rings. The molecule has 13 heteroatoms. The van der Waals surface area contributed by atoms with Crippen molar-refractivity contribution < 1.29 is 31.1 Å². The topological polar surface area (TPSA) is 83.9 Å². The molecule has 7 nitrogen and oxygen atoms in total. The lowest BCUT2D eigenvalue weighted by atomic mass is 10.1. The van der Waals surface area contributed by atoms with Crippen LogP contribution in [0.2, 0.25) is 0 Å². The third-order valence-electron chi connectivity index (χ3n) is 4.99. The van der Waals surface area contributed by atoms with Crippen molar-refractivity contribution >= 4 is 28.4 Å². The number of amides is 1. The van der Waals surface area contributed by atoms with E-state index < -0.39 is 35.1 Å². The smallest absolute Gasteiger partial charge is 0.342 e. The summed E-state index contributed by atoms with van der Waals surface area (Å²) in [5, 5.41) is 3.05. The van der Waals surface area contributed by atoms with Crippen LogP contribution in [0, 0.1) is 0 Å². The molecule has 3 aromatic heterocycles. The van der Waals surface area contributed by atoms with Crippen LogP contribution < -0.4 is 5.32 Å². The zero-order valence-corrected chi connectivity index (χ0v) is 18.6. The molecule has 0 aliphatic heterocycles. The number of carbonyl (C=O) groups is 1. The summed E-state index contributed by atoms with van der Waals surface area (Å²) in [5.41, 5.74) is -2.31. The average molecular weight is 506 g/mol. The largest absolute Gasteiger partial charge is 0.418 e. The van der Waals surface area contributed by atoms with Gasteiger partial charge in [0.05, 0.1) is 22.2 Å². The number of aromatic nitrogens is 4. The molecule has 0 saturated heterocycles.